The SMILES string of the molecule is COc1cccc(CC(O)c2ccc(OC)c(OC)c2)c1. The van der Waals surface area contributed by atoms with E-state index in [1.165, 1.54) is 0 Å². The summed E-state index contributed by atoms with van der Waals surface area (Å²) in [5, 5.41) is 10.4. The van der Waals surface area contributed by atoms with Crippen LogP contribution in [0, 0.1) is 0 Å². The number of rotatable bonds is 6. The molecule has 0 aromatic heterocycles. The van der Waals surface area contributed by atoms with Gasteiger partial charge in [0.05, 0.1) is 27.4 Å². The fraction of sp³-hybridized carbons (Fsp3) is 0.294. The van der Waals surface area contributed by atoms with Crippen molar-refractivity contribution in [3.63, 3.8) is 0 Å². The summed E-state index contributed by atoms with van der Waals surface area (Å²) in [6.45, 7) is 0. The number of ether oxygens (including phenoxy) is 3. The highest BCUT2D eigenvalue weighted by atomic mass is 16.5. The molecule has 0 fully saturated rings. The maximum atomic E-state index is 10.4. The summed E-state index contributed by atoms with van der Waals surface area (Å²) in [6.07, 6.45) is -0.107. The van der Waals surface area contributed by atoms with Crippen molar-refractivity contribution in [3.8, 4) is 17.2 Å². The highest BCUT2D eigenvalue weighted by Crippen LogP contribution is 2.31. The van der Waals surface area contributed by atoms with E-state index in [1.807, 2.05) is 30.3 Å². The number of aliphatic hydroxyl groups is 1. The summed E-state index contributed by atoms with van der Waals surface area (Å²) >= 11 is 0. The Morgan fingerprint density at radius 3 is 2.33 bits per heavy atom. The van der Waals surface area contributed by atoms with E-state index in [2.05, 4.69) is 0 Å². The minimum Gasteiger partial charge on any atom is -0.497 e. The average molecular weight is 288 g/mol. The molecule has 112 valence electrons. The van der Waals surface area contributed by atoms with Crippen LogP contribution in [0.25, 0.3) is 0 Å². The van der Waals surface area contributed by atoms with Crippen LogP contribution in [0.1, 0.15) is 17.2 Å². The van der Waals surface area contributed by atoms with Gasteiger partial charge in [0, 0.05) is 6.42 Å². The first-order valence-corrected chi connectivity index (χ1v) is 6.71. The van der Waals surface area contributed by atoms with Gasteiger partial charge in [0.1, 0.15) is 5.75 Å². The molecule has 21 heavy (non-hydrogen) atoms. The highest BCUT2D eigenvalue weighted by molar-refractivity contribution is 5.43. The van der Waals surface area contributed by atoms with Crippen LogP contribution in [0.2, 0.25) is 0 Å². The van der Waals surface area contributed by atoms with Gasteiger partial charge in [-0.2, -0.15) is 0 Å². The van der Waals surface area contributed by atoms with Crippen molar-refractivity contribution in [3.05, 3.63) is 53.6 Å². The van der Waals surface area contributed by atoms with Crippen LogP contribution < -0.4 is 14.2 Å². The van der Waals surface area contributed by atoms with Crippen LogP contribution in [0.5, 0.6) is 17.2 Å². The molecule has 2 aromatic carbocycles. The molecule has 0 bridgehead atoms. The number of methoxy groups -OCH3 is 3. The van der Waals surface area contributed by atoms with Crippen molar-refractivity contribution < 1.29 is 19.3 Å². The number of aliphatic hydroxyl groups excluding tert-OH is 1. The summed E-state index contributed by atoms with van der Waals surface area (Å²) in [5.74, 6) is 2.04. The Hall–Kier alpha value is -2.20. The van der Waals surface area contributed by atoms with Gasteiger partial charge in [0.2, 0.25) is 0 Å². The smallest absolute Gasteiger partial charge is 0.161 e. The molecule has 1 atom stereocenters. The molecule has 1 N–H and O–H groups in total. The van der Waals surface area contributed by atoms with E-state index < -0.39 is 6.10 Å². The van der Waals surface area contributed by atoms with Gasteiger partial charge in [-0.3, -0.25) is 0 Å². The van der Waals surface area contributed by atoms with Gasteiger partial charge in [-0.1, -0.05) is 18.2 Å². The molecule has 0 saturated heterocycles. The Kier molecular flexibility index (Phi) is 5.06. The zero-order chi connectivity index (χ0) is 15.2. The summed E-state index contributed by atoms with van der Waals surface area (Å²) in [4.78, 5) is 0. The second-order valence-corrected chi connectivity index (χ2v) is 4.69. The molecule has 0 saturated carbocycles. The first-order valence-electron chi connectivity index (χ1n) is 6.71. The van der Waals surface area contributed by atoms with Crippen molar-refractivity contribution in [1.29, 1.82) is 0 Å². The lowest BCUT2D eigenvalue weighted by molar-refractivity contribution is 0.178. The normalized spacial score (nSPS) is 11.8. The van der Waals surface area contributed by atoms with E-state index in [9.17, 15) is 5.11 Å². The molecule has 0 aliphatic rings. The largest absolute Gasteiger partial charge is 0.497 e. The lowest BCUT2D eigenvalue weighted by Gasteiger charge is -2.14. The predicted octanol–water partition coefficient (Wildman–Crippen LogP) is 2.99. The Morgan fingerprint density at radius 1 is 0.905 bits per heavy atom. The Balaban J connectivity index is 2.17. The fourth-order valence-corrected chi connectivity index (χ4v) is 2.20. The van der Waals surface area contributed by atoms with Crippen LogP contribution >= 0.6 is 0 Å². The predicted molar refractivity (Wildman–Crippen MR) is 81.2 cm³/mol. The standard InChI is InChI=1S/C17H20O4/c1-19-14-6-4-5-12(9-14)10-15(18)13-7-8-16(20-2)17(11-13)21-3/h4-9,11,15,18H,10H2,1-3H3. The number of hydrogen-bond acceptors (Lipinski definition) is 4. The van der Waals surface area contributed by atoms with Crippen LogP contribution in [0.4, 0.5) is 0 Å². The first kappa shape index (κ1) is 15.2. The van der Waals surface area contributed by atoms with Gasteiger partial charge in [0.25, 0.3) is 0 Å². The molecule has 2 aromatic rings. The minimum absolute atomic E-state index is 0.507. The fourth-order valence-electron chi connectivity index (χ4n) is 2.20. The maximum absolute atomic E-state index is 10.4. The quantitative estimate of drug-likeness (QED) is 0.887. The molecule has 0 radical (unpaired) electrons. The second-order valence-electron chi connectivity index (χ2n) is 4.69. The zero-order valence-electron chi connectivity index (χ0n) is 12.5. The van der Waals surface area contributed by atoms with Crippen molar-refractivity contribution in [2.24, 2.45) is 0 Å². The third-order valence-electron chi connectivity index (χ3n) is 3.36. The lowest BCUT2D eigenvalue weighted by atomic mass is 10.0. The molecule has 0 heterocycles. The molecule has 0 spiro atoms. The Labute approximate surface area is 124 Å². The molecule has 4 nitrogen and oxygen atoms in total. The molecule has 0 amide bonds. The van der Waals surface area contributed by atoms with Crippen LogP contribution in [0.15, 0.2) is 42.5 Å². The van der Waals surface area contributed by atoms with Crippen LogP contribution in [0.3, 0.4) is 0 Å². The minimum atomic E-state index is -0.614. The monoisotopic (exact) mass is 288 g/mol. The molecule has 0 aliphatic carbocycles. The van der Waals surface area contributed by atoms with Crippen LogP contribution in [-0.2, 0) is 6.42 Å². The molecule has 4 heteroatoms. The topological polar surface area (TPSA) is 47.9 Å². The number of benzene rings is 2. The van der Waals surface area contributed by atoms with Crippen molar-refractivity contribution >= 4 is 0 Å². The zero-order valence-corrected chi connectivity index (χ0v) is 12.5. The van der Waals surface area contributed by atoms with Gasteiger partial charge in [-0.15, -0.1) is 0 Å². The van der Waals surface area contributed by atoms with E-state index in [1.54, 1.807) is 33.5 Å². The van der Waals surface area contributed by atoms with Crippen LogP contribution in [-0.4, -0.2) is 26.4 Å². The van der Waals surface area contributed by atoms with Gasteiger partial charge >= 0.3 is 0 Å². The van der Waals surface area contributed by atoms with E-state index in [-0.39, 0.29) is 0 Å². The highest BCUT2D eigenvalue weighted by Gasteiger charge is 2.12. The van der Waals surface area contributed by atoms with Gasteiger partial charge in [-0.25, -0.2) is 0 Å². The van der Waals surface area contributed by atoms with Gasteiger partial charge < -0.3 is 19.3 Å². The molecule has 0 aliphatic heterocycles. The van der Waals surface area contributed by atoms with E-state index in [0.29, 0.717) is 17.9 Å². The second kappa shape index (κ2) is 6.99. The summed E-state index contributed by atoms with van der Waals surface area (Å²) in [7, 11) is 4.80. The maximum Gasteiger partial charge on any atom is 0.161 e. The van der Waals surface area contributed by atoms with Crippen molar-refractivity contribution in [1.82, 2.24) is 0 Å². The summed E-state index contributed by atoms with van der Waals surface area (Å²) < 4.78 is 15.6. The number of hydrogen-bond donors (Lipinski definition) is 1. The third kappa shape index (κ3) is 3.67. The Morgan fingerprint density at radius 2 is 1.67 bits per heavy atom. The third-order valence-corrected chi connectivity index (χ3v) is 3.36. The summed E-state index contributed by atoms with van der Waals surface area (Å²) in [6, 6.07) is 13.1. The van der Waals surface area contributed by atoms with E-state index in [4.69, 9.17) is 14.2 Å². The van der Waals surface area contributed by atoms with Crippen molar-refractivity contribution in [2.75, 3.05) is 21.3 Å². The molecular weight excluding hydrogens is 268 g/mol. The van der Waals surface area contributed by atoms with Crippen molar-refractivity contribution in [2.45, 2.75) is 12.5 Å². The average Bonchev–Trinajstić information content (AvgIpc) is 2.54. The summed E-state index contributed by atoms with van der Waals surface area (Å²) in [5.41, 5.74) is 1.80. The molecule has 1 unspecified atom stereocenters. The van der Waals surface area contributed by atoms with Gasteiger partial charge in [-0.05, 0) is 35.4 Å². The molecular formula is C17H20O4. The van der Waals surface area contributed by atoms with E-state index in [0.717, 1.165) is 16.9 Å². The first-order chi connectivity index (χ1) is 10.2. The van der Waals surface area contributed by atoms with Gasteiger partial charge in [0.15, 0.2) is 11.5 Å². The Bertz CT molecular complexity index is 595. The van der Waals surface area contributed by atoms with E-state index >= 15 is 0 Å². The molecule has 2 rings (SSSR count). The lowest BCUT2D eigenvalue weighted by Crippen LogP contribution is -2.03.